The third-order valence-corrected chi connectivity index (χ3v) is 5.78. The largest absolute Gasteiger partial charge is 0.471 e. The molecular formula is C20H24BF2N5O3S. The number of unbranched alkanes of at least 4 members (excludes halogenated alkanes) is 1. The quantitative estimate of drug-likeness (QED) is 0.368. The van der Waals surface area contributed by atoms with Gasteiger partial charge in [-0.2, -0.15) is 4.37 Å². The lowest BCUT2D eigenvalue weighted by Crippen LogP contribution is -2.30. The van der Waals surface area contributed by atoms with E-state index in [1.54, 1.807) is 0 Å². The molecule has 170 valence electrons. The Morgan fingerprint density at radius 1 is 1.22 bits per heavy atom. The van der Waals surface area contributed by atoms with Gasteiger partial charge in [0.25, 0.3) is 5.91 Å². The van der Waals surface area contributed by atoms with E-state index in [2.05, 4.69) is 19.9 Å². The number of likely N-dealkylation sites (tertiary alicyclic amines) is 1. The van der Waals surface area contributed by atoms with Crippen LogP contribution in [0.2, 0.25) is 0 Å². The summed E-state index contributed by atoms with van der Waals surface area (Å²) in [6.45, 7) is 3.22. The summed E-state index contributed by atoms with van der Waals surface area (Å²) < 4.78 is 37.1. The summed E-state index contributed by atoms with van der Waals surface area (Å²) in [5, 5.41) is 5.32. The van der Waals surface area contributed by atoms with Gasteiger partial charge in [0.2, 0.25) is 5.88 Å². The van der Waals surface area contributed by atoms with Crippen molar-refractivity contribution in [2.45, 2.75) is 32.3 Å². The number of halogens is 2. The van der Waals surface area contributed by atoms with Crippen molar-refractivity contribution in [3.05, 3.63) is 34.9 Å². The van der Waals surface area contributed by atoms with Crippen LogP contribution in [0.5, 0.6) is 5.88 Å². The number of hydrogen-bond acceptors (Lipinski definition) is 6. The summed E-state index contributed by atoms with van der Waals surface area (Å²) in [6.07, 6.45) is 4.28. The maximum absolute atomic E-state index is 13.9. The number of aromatic nitrogens is 1. The lowest BCUT2D eigenvalue weighted by Gasteiger charge is -2.14. The molecule has 0 saturated carbocycles. The molecule has 1 fully saturated rings. The molecule has 0 atom stereocenters. The molecule has 2 radical (unpaired) electrons. The number of urea groups is 1. The summed E-state index contributed by atoms with van der Waals surface area (Å²) in [7, 11) is 5.39. The number of ether oxygens (including phenoxy) is 1. The molecule has 4 N–H and O–H groups in total. The standard InChI is InChI=1S/C20H24BF2N5O3S/c21-12-9-14(22)13(15(23)10-12)11-31-18-16(17(24)29)19(32-27-18)26-20(30)25-5-1-2-6-28-7-3-4-8-28/h9-10H,1-8,11H2,(H2,24,29)(H2,25,26,30). The normalized spacial score (nSPS) is 13.8. The monoisotopic (exact) mass is 463 g/mol. The number of nitrogens with zero attached hydrogens (tertiary/aromatic N) is 2. The summed E-state index contributed by atoms with van der Waals surface area (Å²) in [5.74, 6) is -2.89. The molecule has 1 saturated heterocycles. The van der Waals surface area contributed by atoms with Crippen LogP contribution in [-0.2, 0) is 6.61 Å². The van der Waals surface area contributed by atoms with E-state index in [0.29, 0.717) is 6.54 Å². The number of carbonyl (C=O) groups excluding carboxylic acids is 2. The summed E-state index contributed by atoms with van der Waals surface area (Å²) in [6, 6.07) is 1.40. The van der Waals surface area contributed by atoms with Gasteiger partial charge >= 0.3 is 6.03 Å². The first kappa shape index (κ1) is 23.9. The zero-order chi connectivity index (χ0) is 23.1. The number of rotatable bonds is 10. The van der Waals surface area contributed by atoms with Gasteiger partial charge in [0.05, 0.1) is 5.56 Å². The number of nitrogens with one attached hydrogen (secondary N) is 2. The Morgan fingerprint density at radius 2 is 1.91 bits per heavy atom. The Hall–Kier alpha value is -2.73. The highest BCUT2D eigenvalue weighted by Gasteiger charge is 2.23. The second-order valence-electron chi connectivity index (χ2n) is 7.44. The number of hydrogen-bond donors (Lipinski definition) is 3. The predicted molar refractivity (Wildman–Crippen MR) is 119 cm³/mol. The minimum absolute atomic E-state index is 0.0659. The molecule has 8 nitrogen and oxygen atoms in total. The van der Waals surface area contributed by atoms with Crippen LogP contribution in [-0.4, -0.2) is 55.2 Å². The molecule has 1 aromatic heterocycles. The van der Waals surface area contributed by atoms with Crippen LogP contribution in [0.4, 0.5) is 18.6 Å². The van der Waals surface area contributed by atoms with Gasteiger partial charge in [-0.15, -0.1) is 0 Å². The molecule has 0 aliphatic carbocycles. The predicted octanol–water partition coefficient (Wildman–Crippen LogP) is 1.89. The number of nitrogens with two attached hydrogens (primary N) is 1. The van der Waals surface area contributed by atoms with Crippen molar-refractivity contribution < 1.29 is 23.1 Å². The summed E-state index contributed by atoms with van der Waals surface area (Å²) >= 11 is 0.777. The lowest BCUT2D eigenvalue weighted by atomic mass is 9.94. The molecule has 12 heteroatoms. The first-order valence-electron chi connectivity index (χ1n) is 10.3. The molecule has 32 heavy (non-hydrogen) atoms. The van der Waals surface area contributed by atoms with E-state index in [9.17, 15) is 18.4 Å². The van der Waals surface area contributed by atoms with E-state index >= 15 is 0 Å². The molecule has 0 spiro atoms. The molecule has 1 aliphatic heterocycles. The molecular weight excluding hydrogens is 439 g/mol. The summed E-state index contributed by atoms with van der Waals surface area (Å²) in [5.41, 5.74) is 4.78. The molecule has 3 amide bonds. The third-order valence-electron chi connectivity index (χ3n) is 5.04. The van der Waals surface area contributed by atoms with Crippen LogP contribution in [0.15, 0.2) is 12.1 Å². The fourth-order valence-electron chi connectivity index (χ4n) is 3.39. The van der Waals surface area contributed by atoms with E-state index in [1.807, 2.05) is 0 Å². The van der Waals surface area contributed by atoms with Crippen LogP contribution in [0.25, 0.3) is 0 Å². The number of carbonyl (C=O) groups is 2. The first-order valence-corrected chi connectivity index (χ1v) is 11.1. The minimum Gasteiger partial charge on any atom is -0.471 e. The number of anilines is 1. The van der Waals surface area contributed by atoms with Crippen molar-refractivity contribution in [1.29, 1.82) is 0 Å². The fraction of sp³-hybridized carbons (Fsp3) is 0.450. The van der Waals surface area contributed by atoms with Crippen LogP contribution < -0.4 is 26.6 Å². The Balaban J connectivity index is 1.52. The Morgan fingerprint density at radius 3 is 2.56 bits per heavy atom. The smallest absolute Gasteiger partial charge is 0.319 e. The van der Waals surface area contributed by atoms with E-state index in [0.717, 1.165) is 56.1 Å². The zero-order valence-corrected chi connectivity index (χ0v) is 18.3. The van der Waals surface area contributed by atoms with Gasteiger partial charge in [0.1, 0.15) is 36.7 Å². The topological polar surface area (TPSA) is 110 Å². The third kappa shape index (κ3) is 6.39. The van der Waals surface area contributed by atoms with Gasteiger partial charge in [0.15, 0.2) is 0 Å². The van der Waals surface area contributed by atoms with Gasteiger partial charge in [-0.3, -0.25) is 10.1 Å². The number of benzene rings is 1. The van der Waals surface area contributed by atoms with Crippen molar-refractivity contribution in [2.75, 3.05) is 31.5 Å². The van der Waals surface area contributed by atoms with E-state index < -0.39 is 30.2 Å². The molecule has 3 rings (SSSR count). The zero-order valence-electron chi connectivity index (χ0n) is 17.5. The minimum atomic E-state index is -0.895. The van der Waals surface area contributed by atoms with E-state index in [4.69, 9.17) is 18.3 Å². The lowest BCUT2D eigenvalue weighted by molar-refractivity contribution is 0.0996. The fourth-order valence-corrected chi connectivity index (χ4v) is 4.13. The molecule has 0 bridgehead atoms. The van der Waals surface area contributed by atoms with Crippen molar-refractivity contribution in [1.82, 2.24) is 14.6 Å². The SMILES string of the molecule is [B]c1cc(F)c(COc2nsc(NC(=O)NCCCCN3CCCC3)c2C(N)=O)c(F)c1. The molecule has 2 aromatic rings. The molecule has 1 aliphatic rings. The van der Waals surface area contributed by atoms with Gasteiger partial charge in [-0.25, -0.2) is 13.6 Å². The van der Waals surface area contributed by atoms with Gasteiger partial charge < -0.3 is 20.7 Å². The highest BCUT2D eigenvalue weighted by molar-refractivity contribution is 7.11. The highest BCUT2D eigenvalue weighted by Crippen LogP contribution is 2.31. The Bertz CT molecular complexity index is 946. The first-order chi connectivity index (χ1) is 15.3. The van der Waals surface area contributed by atoms with Crippen LogP contribution in [0, 0.1) is 11.6 Å². The van der Waals surface area contributed by atoms with Gasteiger partial charge in [-0.1, -0.05) is 5.46 Å². The molecule has 0 unspecified atom stereocenters. The average molecular weight is 463 g/mol. The van der Waals surface area contributed by atoms with Crippen molar-refractivity contribution in [3.8, 4) is 5.88 Å². The van der Waals surface area contributed by atoms with Crippen molar-refractivity contribution in [2.24, 2.45) is 5.73 Å². The molecule has 1 aromatic carbocycles. The van der Waals surface area contributed by atoms with Gasteiger partial charge in [-0.05, 0) is 69.0 Å². The maximum atomic E-state index is 13.9. The Labute approximate surface area is 190 Å². The summed E-state index contributed by atoms with van der Waals surface area (Å²) in [4.78, 5) is 26.4. The number of primary amides is 1. The van der Waals surface area contributed by atoms with Crippen molar-refractivity contribution >= 4 is 41.8 Å². The second kappa shape index (κ2) is 11.2. The van der Waals surface area contributed by atoms with Gasteiger partial charge in [0, 0.05) is 6.54 Å². The van der Waals surface area contributed by atoms with Crippen LogP contribution in [0.3, 0.4) is 0 Å². The van der Waals surface area contributed by atoms with E-state index in [-0.39, 0.29) is 27.5 Å². The van der Waals surface area contributed by atoms with Crippen LogP contribution in [0.1, 0.15) is 41.6 Å². The molecule has 2 heterocycles. The number of amides is 3. The Kier molecular flexibility index (Phi) is 8.40. The maximum Gasteiger partial charge on any atom is 0.319 e. The van der Waals surface area contributed by atoms with Crippen molar-refractivity contribution in [3.63, 3.8) is 0 Å². The van der Waals surface area contributed by atoms with E-state index in [1.165, 1.54) is 12.8 Å². The second-order valence-corrected chi connectivity index (χ2v) is 8.22. The van der Waals surface area contributed by atoms with Crippen LogP contribution >= 0.6 is 11.5 Å². The highest BCUT2D eigenvalue weighted by atomic mass is 32.1. The average Bonchev–Trinajstić information content (AvgIpc) is 3.37.